The van der Waals surface area contributed by atoms with Gasteiger partial charge in [-0.25, -0.2) is 4.79 Å². The second kappa shape index (κ2) is 5.92. The van der Waals surface area contributed by atoms with Crippen LogP contribution in [0.2, 0.25) is 0 Å². The van der Waals surface area contributed by atoms with Gasteiger partial charge >= 0.3 is 6.03 Å². The second-order valence-electron chi connectivity index (χ2n) is 5.78. The molecule has 1 aliphatic heterocycles. The summed E-state index contributed by atoms with van der Waals surface area (Å²) in [4.78, 5) is 14.1. The van der Waals surface area contributed by atoms with E-state index in [4.69, 9.17) is 4.74 Å². The average Bonchev–Trinajstić information content (AvgIpc) is 2.96. The zero-order chi connectivity index (χ0) is 15.6. The van der Waals surface area contributed by atoms with Crippen LogP contribution in [0.4, 0.5) is 4.79 Å². The van der Waals surface area contributed by atoms with Crippen molar-refractivity contribution in [3.63, 3.8) is 0 Å². The van der Waals surface area contributed by atoms with E-state index in [0.29, 0.717) is 26.2 Å². The number of urea groups is 1. The van der Waals surface area contributed by atoms with Gasteiger partial charge in [0.05, 0.1) is 25.3 Å². The summed E-state index contributed by atoms with van der Waals surface area (Å²) in [7, 11) is 0. The maximum Gasteiger partial charge on any atom is 0.317 e. The first-order chi connectivity index (χ1) is 10.6. The van der Waals surface area contributed by atoms with Gasteiger partial charge in [0.25, 0.3) is 0 Å². The van der Waals surface area contributed by atoms with E-state index in [2.05, 4.69) is 22.4 Å². The van der Waals surface area contributed by atoms with E-state index in [1.165, 1.54) is 0 Å². The number of amides is 2. The highest BCUT2D eigenvalue weighted by Crippen LogP contribution is 2.20. The van der Waals surface area contributed by atoms with Crippen LogP contribution in [-0.4, -0.2) is 50.8 Å². The Morgan fingerprint density at radius 3 is 3.14 bits per heavy atom. The Morgan fingerprint density at radius 1 is 1.45 bits per heavy atom. The molecule has 2 aromatic heterocycles. The van der Waals surface area contributed by atoms with Crippen LogP contribution in [0.25, 0.3) is 5.65 Å². The molecule has 7 heteroatoms. The molecule has 2 amide bonds. The first-order valence-electron chi connectivity index (χ1n) is 7.57. The van der Waals surface area contributed by atoms with Crippen LogP contribution in [0.1, 0.15) is 26.1 Å². The van der Waals surface area contributed by atoms with Crippen LogP contribution in [0.3, 0.4) is 0 Å². The lowest BCUT2D eigenvalue weighted by atomic mass is 10.0. The number of morpholine rings is 1. The van der Waals surface area contributed by atoms with Gasteiger partial charge in [-0.3, -0.25) is 4.40 Å². The fraction of sp³-hybridized carbons (Fsp3) is 0.533. The van der Waals surface area contributed by atoms with Gasteiger partial charge in [0.15, 0.2) is 11.5 Å². The van der Waals surface area contributed by atoms with Crippen LogP contribution >= 0.6 is 0 Å². The van der Waals surface area contributed by atoms with Gasteiger partial charge in [-0.05, 0) is 25.5 Å². The third-order valence-corrected chi connectivity index (χ3v) is 4.15. The molecule has 1 N–H and O–H groups in total. The van der Waals surface area contributed by atoms with Gasteiger partial charge in [0, 0.05) is 12.7 Å². The second-order valence-corrected chi connectivity index (χ2v) is 5.78. The van der Waals surface area contributed by atoms with Gasteiger partial charge in [-0.2, -0.15) is 0 Å². The van der Waals surface area contributed by atoms with Crippen LogP contribution < -0.4 is 5.32 Å². The van der Waals surface area contributed by atoms with Crippen molar-refractivity contribution >= 4 is 11.7 Å². The highest BCUT2D eigenvalue weighted by atomic mass is 16.5. The van der Waals surface area contributed by atoms with Gasteiger partial charge in [0.1, 0.15) is 0 Å². The van der Waals surface area contributed by atoms with E-state index in [1.54, 1.807) is 4.90 Å². The fourth-order valence-corrected chi connectivity index (χ4v) is 2.60. The normalized spacial score (nSPS) is 22.0. The number of carbonyl (C=O) groups excluding carboxylic acids is 1. The van der Waals surface area contributed by atoms with Gasteiger partial charge in [-0.1, -0.05) is 13.0 Å². The van der Waals surface area contributed by atoms with Crippen molar-refractivity contribution in [2.24, 2.45) is 0 Å². The SMILES string of the molecule is CCC1(C)CN(C(=O)NCc2nnc3ccccn23)CCO1. The lowest BCUT2D eigenvalue weighted by Crippen LogP contribution is -2.54. The topological polar surface area (TPSA) is 71.8 Å². The molecule has 0 spiro atoms. The number of carbonyl (C=O) groups is 1. The molecule has 1 saturated heterocycles. The molecule has 22 heavy (non-hydrogen) atoms. The average molecular weight is 303 g/mol. The van der Waals surface area contributed by atoms with E-state index in [1.807, 2.05) is 35.7 Å². The fourth-order valence-electron chi connectivity index (χ4n) is 2.60. The Hall–Kier alpha value is -2.15. The molecule has 0 aromatic carbocycles. The zero-order valence-electron chi connectivity index (χ0n) is 13.0. The first kappa shape index (κ1) is 14.8. The smallest absolute Gasteiger partial charge is 0.317 e. The molecule has 0 bridgehead atoms. The van der Waals surface area contributed by atoms with Crippen LogP contribution in [0.15, 0.2) is 24.4 Å². The van der Waals surface area contributed by atoms with E-state index in [0.717, 1.165) is 17.9 Å². The minimum atomic E-state index is -0.253. The van der Waals surface area contributed by atoms with Crippen molar-refractivity contribution in [2.75, 3.05) is 19.7 Å². The molecule has 0 saturated carbocycles. The van der Waals surface area contributed by atoms with Crippen LogP contribution in [-0.2, 0) is 11.3 Å². The van der Waals surface area contributed by atoms with Gasteiger partial charge in [0.2, 0.25) is 0 Å². The summed E-state index contributed by atoms with van der Waals surface area (Å²) in [6, 6.07) is 5.62. The number of fused-ring (bicyclic) bond motifs is 1. The molecule has 0 radical (unpaired) electrons. The molecule has 1 fully saturated rings. The number of nitrogens with zero attached hydrogens (tertiary/aromatic N) is 4. The molecule has 1 unspecified atom stereocenters. The Labute approximate surface area is 129 Å². The first-order valence-corrected chi connectivity index (χ1v) is 7.57. The molecular weight excluding hydrogens is 282 g/mol. The predicted molar refractivity (Wildman–Crippen MR) is 81.4 cm³/mol. The zero-order valence-corrected chi connectivity index (χ0v) is 13.0. The molecule has 3 heterocycles. The predicted octanol–water partition coefficient (Wildman–Crippen LogP) is 1.44. The van der Waals surface area contributed by atoms with Crippen molar-refractivity contribution in [1.29, 1.82) is 0 Å². The molecule has 1 atom stereocenters. The van der Waals surface area contributed by atoms with Crippen molar-refractivity contribution < 1.29 is 9.53 Å². The summed E-state index contributed by atoms with van der Waals surface area (Å²) in [5.41, 5.74) is 0.522. The molecule has 2 aromatic rings. The van der Waals surface area contributed by atoms with E-state index < -0.39 is 0 Å². The van der Waals surface area contributed by atoms with Crippen LogP contribution in [0, 0.1) is 0 Å². The number of hydrogen-bond donors (Lipinski definition) is 1. The third kappa shape index (κ3) is 2.89. The standard InChI is InChI=1S/C15H21N5O2/c1-3-15(2)11-19(8-9-22-15)14(21)16-10-13-18-17-12-6-4-5-7-20(12)13/h4-7H,3,8-11H2,1-2H3,(H,16,21). The number of pyridine rings is 1. The highest BCUT2D eigenvalue weighted by Gasteiger charge is 2.32. The van der Waals surface area contributed by atoms with Crippen molar-refractivity contribution in [3.05, 3.63) is 30.2 Å². The van der Waals surface area contributed by atoms with Crippen molar-refractivity contribution in [2.45, 2.75) is 32.4 Å². The Kier molecular flexibility index (Phi) is 3.98. The minimum Gasteiger partial charge on any atom is -0.372 e. The van der Waals surface area contributed by atoms with Gasteiger partial charge in [-0.15, -0.1) is 10.2 Å². The quantitative estimate of drug-likeness (QED) is 0.931. The van der Waals surface area contributed by atoms with E-state index >= 15 is 0 Å². The number of rotatable bonds is 3. The van der Waals surface area contributed by atoms with Crippen LogP contribution in [0.5, 0.6) is 0 Å². The van der Waals surface area contributed by atoms with Gasteiger partial charge < -0.3 is 15.0 Å². The molecule has 1 aliphatic rings. The summed E-state index contributed by atoms with van der Waals surface area (Å²) < 4.78 is 7.63. The Balaban J connectivity index is 1.62. The number of nitrogens with one attached hydrogen (secondary N) is 1. The largest absolute Gasteiger partial charge is 0.372 e. The van der Waals surface area contributed by atoms with E-state index in [-0.39, 0.29) is 11.6 Å². The Bertz CT molecular complexity index is 671. The summed E-state index contributed by atoms with van der Waals surface area (Å²) in [6.07, 6.45) is 2.77. The molecule has 118 valence electrons. The number of hydrogen-bond acceptors (Lipinski definition) is 4. The van der Waals surface area contributed by atoms with Crippen molar-refractivity contribution in [1.82, 2.24) is 24.8 Å². The number of aromatic nitrogens is 3. The highest BCUT2D eigenvalue weighted by molar-refractivity contribution is 5.74. The maximum absolute atomic E-state index is 12.3. The van der Waals surface area contributed by atoms with E-state index in [9.17, 15) is 4.79 Å². The maximum atomic E-state index is 12.3. The lowest BCUT2D eigenvalue weighted by molar-refractivity contribution is -0.0872. The third-order valence-electron chi connectivity index (χ3n) is 4.15. The molecule has 3 rings (SSSR count). The summed E-state index contributed by atoms with van der Waals surface area (Å²) in [6.45, 7) is 6.26. The minimum absolute atomic E-state index is 0.0874. The summed E-state index contributed by atoms with van der Waals surface area (Å²) in [5.74, 6) is 0.718. The summed E-state index contributed by atoms with van der Waals surface area (Å²) >= 11 is 0. The lowest BCUT2D eigenvalue weighted by Gasteiger charge is -2.39. The monoisotopic (exact) mass is 303 g/mol. The molecular formula is C15H21N5O2. The number of ether oxygens (including phenoxy) is 1. The summed E-state index contributed by atoms with van der Waals surface area (Å²) in [5, 5.41) is 11.1. The molecule has 7 nitrogen and oxygen atoms in total. The molecule has 0 aliphatic carbocycles. The van der Waals surface area contributed by atoms with Crippen molar-refractivity contribution in [3.8, 4) is 0 Å². The Morgan fingerprint density at radius 2 is 2.32 bits per heavy atom.